The Kier molecular flexibility index (Phi) is 5.44. The second-order valence-electron chi connectivity index (χ2n) is 6.83. The van der Waals surface area contributed by atoms with Gasteiger partial charge in [-0.3, -0.25) is 4.68 Å². The van der Waals surface area contributed by atoms with Crippen molar-refractivity contribution >= 4 is 12.4 Å². The smallest absolute Gasteiger partial charge is 0.261 e. The summed E-state index contributed by atoms with van der Waals surface area (Å²) < 4.78 is 7.56. The third-order valence-corrected chi connectivity index (χ3v) is 4.96. The Morgan fingerprint density at radius 3 is 2.65 bits per heavy atom. The van der Waals surface area contributed by atoms with Crippen LogP contribution < -0.4 is 5.73 Å². The fourth-order valence-electron chi connectivity index (χ4n) is 3.30. The molecule has 0 amide bonds. The number of halogens is 1. The van der Waals surface area contributed by atoms with Gasteiger partial charge in [-0.05, 0) is 31.2 Å². The molecule has 0 aliphatic heterocycles. The highest BCUT2D eigenvalue weighted by Crippen LogP contribution is 2.38. The Balaban J connectivity index is 0.00000196. The number of aromatic nitrogens is 4. The lowest BCUT2D eigenvalue weighted by Gasteiger charge is -2.34. The van der Waals surface area contributed by atoms with Gasteiger partial charge in [-0.2, -0.15) is 10.1 Å². The third kappa shape index (κ3) is 3.39. The molecular weight excluding hydrogens is 350 g/mol. The normalized spacial score (nSPS) is 15.3. The molecule has 1 fully saturated rings. The zero-order valence-electron chi connectivity index (χ0n) is 14.9. The van der Waals surface area contributed by atoms with E-state index in [1.807, 2.05) is 29.1 Å². The lowest BCUT2D eigenvalue weighted by atomic mass is 9.77. The molecular formula is C19H24ClN5O. The molecule has 0 spiro atoms. The summed E-state index contributed by atoms with van der Waals surface area (Å²) >= 11 is 0. The van der Waals surface area contributed by atoms with Gasteiger partial charge < -0.3 is 10.3 Å². The number of rotatable bonds is 6. The maximum Gasteiger partial charge on any atom is 0.261 e. The summed E-state index contributed by atoms with van der Waals surface area (Å²) in [7, 11) is 0. The van der Waals surface area contributed by atoms with E-state index >= 15 is 0 Å². The fraction of sp³-hybridized carbons (Fsp3) is 0.421. The molecule has 0 unspecified atom stereocenters. The number of hydrogen-bond donors (Lipinski definition) is 1. The first-order valence-electron chi connectivity index (χ1n) is 8.91. The highest BCUT2D eigenvalue weighted by Gasteiger charge is 2.39. The van der Waals surface area contributed by atoms with E-state index in [9.17, 15) is 0 Å². The number of hydrogen-bond acceptors (Lipinski definition) is 5. The van der Waals surface area contributed by atoms with Crippen LogP contribution in [0, 0.1) is 0 Å². The van der Waals surface area contributed by atoms with Crippen LogP contribution in [0.2, 0.25) is 0 Å². The second kappa shape index (κ2) is 7.60. The first kappa shape index (κ1) is 18.6. The Bertz CT molecular complexity index is 854. The maximum absolute atomic E-state index is 6.31. The van der Waals surface area contributed by atoms with Crippen molar-refractivity contribution in [1.82, 2.24) is 19.9 Å². The van der Waals surface area contributed by atoms with E-state index in [4.69, 9.17) is 10.3 Å². The molecule has 1 aliphatic rings. The lowest BCUT2D eigenvalue weighted by Crippen LogP contribution is -2.44. The Hall–Kier alpha value is -2.18. The van der Waals surface area contributed by atoms with Gasteiger partial charge >= 0.3 is 0 Å². The highest BCUT2D eigenvalue weighted by molar-refractivity contribution is 5.85. The van der Waals surface area contributed by atoms with Crippen molar-refractivity contribution in [2.45, 2.75) is 51.1 Å². The Labute approximate surface area is 159 Å². The Morgan fingerprint density at radius 1 is 1.23 bits per heavy atom. The molecule has 0 saturated heterocycles. The van der Waals surface area contributed by atoms with E-state index in [2.05, 4.69) is 34.3 Å². The zero-order chi connectivity index (χ0) is 17.3. The molecule has 4 rings (SSSR count). The minimum atomic E-state index is -0.410. The zero-order valence-corrected chi connectivity index (χ0v) is 15.7. The molecule has 26 heavy (non-hydrogen) atoms. The summed E-state index contributed by atoms with van der Waals surface area (Å²) in [4.78, 5) is 4.58. The molecule has 2 heterocycles. The topological polar surface area (TPSA) is 82.8 Å². The van der Waals surface area contributed by atoms with Gasteiger partial charge in [0.15, 0.2) is 5.82 Å². The molecule has 6 nitrogen and oxygen atoms in total. The van der Waals surface area contributed by atoms with Gasteiger partial charge in [0, 0.05) is 0 Å². The summed E-state index contributed by atoms with van der Waals surface area (Å²) in [5, 5.41) is 8.70. The van der Waals surface area contributed by atoms with Crippen molar-refractivity contribution in [3.8, 4) is 11.5 Å². The molecule has 1 aliphatic carbocycles. The first-order chi connectivity index (χ1) is 12.2. The van der Waals surface area contributed by atoms with Crippen molar-refractivity contribution in [3.05, 3.63) is 53.6 Å². The Morgan fingerprint density at radius 2 is 2.00 bits per heavy atom. The van der Waals surface area contributed by atoms with Gasteiger partial charge in [-0.1, -0.05) is 48.8 Å². The monoisotopic (exact) mass is 373 g/mol. The predicted molar refractivity (Wildman–Crippen MR) is 102 cm³/mol. The van der Waals surface area contributed by atoms with Crippen molar-refractivity contribution < 1.29 is 4.52 Å². The van der Waals surface area contributed by atoms with Crippen LogP contribution in [0.1, 0.15) is 49.7 Å². The fourth-order valence-corrected chi connectivity index (χ4v) is 3.30. The number of nitrogens with two attached hydrogens (primary N) is 1. The van der Waals surface area contributed by atoms with E-state index in [1.54, 1.807) is 0 Å². The van der Waals surface area contributed by atoms with Gasteiger partial charge in [-0.25, -0.2) is 0 Å². The van der Waals surface area contributed by atoms with Crippen LogP contribution in [0.25, 0.3) is 11.5 Å². The van der Waals surface area contributed by atoms with Gasteiger partial charge in [0.2, 0.25) is 0 Å². The van der Waals surface area contributed by atoms with Crippen LogP contribution in [-0.2, 0) is 18.5 Å². The average Bonchev–Trinajstić information content (AvgIpc) is 3.22. The lowest BCUT2D eigenvalue weighted by molar-refractivity contribution is 0.229. The van der Waals surface area contributed by atoms with E-state index in [0.717, 1.165) is 49.9 Å². The quantitative estimate of drug-likeness (QED) is 0.712. The van der Waals surface area contributed by atoms with Crippen molar-refractivity contribution in [1.29, 1.82) is 0 Å². The molecule has 0 atom stereocenters. The minimum absolute atomic E-state index is 0. The summed E-state index contributed by atoms with van der Waals surface area (Å²) in [5.74, 6) is 1.14. The van der Waals surface area contributed by atoms with Crippen molar-refractivity contribution in [3.63, 3.8) is 0 Å². The average molecular weight is 374 g/mol. The maximum atomic E-state index is 6.31. The van der Waals surface area contributed by atoms with E-state index < -0.39 is 5.54 Å². The summed E-state index contributed by atoms with van der Waals surface area (Å²) in [5.41, 5.74) is 9.16. The second-order valence-corrected chi connectivity index (χ2v) is 6.83. The SMILES string of the molecule is CCCc1c(-c2nc(C3(N)CCC3)no2)cnn1Cc1ccccc1.Cl. The van der Waals surface area contributed by atoms with Crippen LogP contribution >= 0.6 is 12.4 Å². The van der Waals surface area contributed by atoms with Crippen molar-refractivity contribution in [2.24, 2.45) is 5.73 Å². The van der Waals surface area contributed by atoms with E-state index in [1.165, 1.54) is 5.56 Å². The van der Waals surface area contributed by atoms with Gasteiger partial charge in [0.1, 0.15) is 0 Å². The minimum Gasteiger partial charge on any atom is -0.334 e. The molecule has 1 aromatic carbocycles. The highest BCUT2D eigenvalue weighted by atomic mass is 35.5. The number of benzene rings is 1. The molecule has 3 aromatic rings. The van der Waals surface area contributed by atoms with Crippen LogP contribution in [0.4, 0.5) is 0 Å². The van der Waals surface area contributed by atoms with E-state index in [-0.39, 0.29) is 12.4 Å². The van der Waals surface area contributed by atoms with E-state index in [0.29, 0.717) is 11.7 Å². The van der Waals surface area contributed by atoms with Crippen LogP contribution in [0.15, 0.2) is 41.1 Å². The van der Waals surface area contributed by atoms with Gasteiger partial charge in [0.05, 0.1) is 29.5 Å². The molecule has 2 aromatic heterocycles. The molecule has 1 saturated carbocycles. The summed E-state index contributed by atoms with van der Waals surface area (Å²) in [6.45, 7) is 2.89. The molecule has 2 N–H and O–H groups in total. The van der Waals surface area contributed by atoms with Crippen LogP contribution in [-0.4, -0.2) is 19.9 Å². The largest absolute Gasteiger partial charge is 0.334 e. The van der Waals surface area contributed by atoms with Crippen molar-refractivity contribution in [2.75, 3.05) is 0 Å². The summed E-state index contributed by atoms with van der Waals surface area (Å²) in [6.07, 6.45) is 6.72. The first-order valence-corrected chi connectivity index (χ1v) is 8.91. The van der Waals surface area contributed by atoms with Crippen LogP contribution in [0.5, 0.6) is 0 Å². The molecule has 0 radical (unpaired) electrons. The van der Waals surface area contributed by atoms with Crippen LogP contribution in [0.3, 0.4) is 0 Å². The third-order valence-electron chi connectivity index (χ3n) is 4.96. The van der Waals surface area contributed by atoms with Gasteiger partial charge in [-0.15, -0.1) is 12.4 Å². The predicted octanol–water partition coefficient (Wildman–Crippen LogP) is 3.69. The number of nitrogens with zero attached hydrogens (tertiary/aromatic N) is 4. The molecule has 138 valence electrons. The summed E-state index contributed by atoms with van der Waals surface area (Å²) in [6, 6.07) is 10.3. The standard InChI is InChI=1S/C19H23N5O.ClH/c1-2-7-16-15(12-21-24(16)13-14-8-4-3-5-9-14)17-22-18(23-25-17)19(20)10-6-11-19;/h3-5,8-9,12H,2,6-7,10-11,13,20H2,1H3;1H. The molecule has 0 bridgehead atoms. The van der Waals surface area contributed by atoms with Gasteiger partial charge in [0.25, 0.3) is 5.89 Å². The molecule has 7 heteroatoms.